The quantitative estimate of drug-likeness (QED) is 0.113. The van der Waals surface area contributed by atoms with E-state index >= 15 is 0 Å². The molecule has 1 saturated heterocycles. The van der Waals surface area contributed by atoms with Gasteiger partial charge in [0.1, 0.15) is 12.7 Å². The van der Waals surface area contributed by atoms with Crippen LogP contribution in [0.2, 0.25) is 0 Å². The number of alkyl halides is 1. The van der Waals surface area contributed by atoms with Gasteiger partial charge in [-0.25, -0.2) is 4.79 Å². The van der Waals surface area contributed by atoms with Gasteiger partial charge < -0.3 is 28.4 Å². The molecule has 0 aromatic heterocycles. The molecule has 0 radical (unpaired) electrons. The largest absolute Gasteiger partial charge is 0.463 e. The Morgan fingerprint density at radius 1 is 1.00 bits per heavy atom. The van der Waals surface area contributed by atoms with Crippen molar-refractivity contribution in [2.75, 3.05) is 19.0 Å². The summed E-state index contributed by atoms with van der Waals surface area (Å²) in [6, 6.07) is 0. The fourth-order valence-electron chi connectivity index (χ4n) is 2.78. The molecule has 14 nitrogen and oxygen atoms in total. The Labute approximate surface area is 187 Å². The average molecular weight is 483 g/mol. The Kier molecular flexibility index (Phi) is 10.3. The molecule has 1 fully saturated rings. The molecule has 0 aromatic carbocycles. The normalized spacial score (nSPS) is 21.5. The molecule has 3 unspecified atom stereocenters. The van der Waals surface area contributed by atoms with Crippen LogP contribution in [-0.4, -0.2) is 78.3 Å². The van der Waals surface area contributed by atoms with Crippen molar-refractivity contribution in [3.05, 3.63) is 4.91 Å². The Bertz CT molecular complexity index is 729. The highest BCUT2D eigenvalue weighted by atomic mass is 35.5. The van der Waals surface area contributed by atoms with Gasteiger partial charge in [-0.2, -0.15) is 5.01 Å². The summed E-state index contributed by atoms with van der Waals surface area (Å²) in [6.07, 6.45) is -6.65. The lowest BCUT2D eigenvalue weighted by atomic mass is 9.97. The van der Waals surface area contributed by atoms with Crippen molar-refractivity contribution in [3.8, 4) is 0 Å². The standard InChI is InChI=1S/C17H23ClN2O12/c1-9(21)27-8-13-7-17(31-11(3)23,32-12(4)24)14(28-10(2)22)15(29-13)30-16(25)20(19-26)6-5-18/h13-15H,5-8H2,1-4H3. The monoisotopic (exact) mass is 482 g/mol. The lowest BCUT2D eigenvalue weighted by Gasteiger charge is -2.46. The highest BCUT2D eigenvalue weighted by molar-refractivity contribution is 6.18. The van der Waals surface area contributed by atoms with Crippen LogP contribution in [0.15, 0.2) is 5.29 Å². The summed E-state index contributed by atoms with van der Waals surface area (Å²) in [5.41, 5.74) is 0. The lowest BCUT2D eigenvalue weighted by Crippen LogP contribution is -2.64. The van der Waals surface area contributed by atoms with Crippen molar-refractivity contribution in [2.45, 2.75) is 58.4 Å². The highest BCUT2D eigenvalue weighted by Crippen LogP contribution is 2.37. The molecule has 3 atom stereocenters. The van der Waals surface area contributed by atoms with E-state index in [4.69, 9.17) is 40.0 Å². The zero-order valence-corrected chi connectivity index (χ0v) is 18.5. The van der Waals surface area contributed by atoms with E-state index in [9.17, 15) is 28.9 Å². The first-order valence-electron chi connectivity index (χ1n) is 9.16. The number of nitrogens with zero attached hydrogens (tertiary/aromatic N) is 2. The van der Waals surface area contributed by atoms with E-state index in [-0.39, 0.29) is 12.4 Å². The molecule has 0 aliphatic carbocycles. The molecule has 180 valence electrons. The highest BCUT2D eigenvalue weighted by Gasteiger charge is 2.59. The number of rotatable bonds is 9. The second-order valence-electron chi connectivity index (χ2n) is 6.44. The maximum absolute atomic E-state index is 12.3. The number of carbonyl (C=O) groups is 5. The third-order valence-electron chi connectivity index (χ3n) is 3.74. The first-order chi connectivity index (χ1) is 14.9. The molecule has 0 saturated carbocycles. The van der Waals surface area contributed by atoms with E-state index in [1.54, 1.807) is 0 Å². The van der Waals surface area contributed by atoms with E-state index in [1.807, 2.05) is 0 Å². The van der Waals surface area contributed by atoms with Gasteiger partial charge in [0.25, 0.3) is 6.29 Å². The van der Waals surface area contributed by atoms with Crippen LogP contribution in [0.4, 0.5) is 4.79 Å². The maximum Gasteiger partial charge on any atom is 0.435 e. The molecule has 1 amide bonds. The van der Waals surface area contributed by atoms with Crippen LogP contribution in [0, 0.1) is 4.91 Å². The summed E-state index contributed by atoms with van der Waals surface area (Å²) in [4.78, 5) is 69.8. The third kappa shape index (κ3) is 7.92. The maximum atomic E-state index is 12.3. The molecule has 32 heavy (non-hydrogen) atoms. The van der Waals surface area contributed by atoms with Crippen LogP contribution < -0.4 is 0 Å². The van der Waals surface area contributed by atoms with Gasteiger partial charge in [-0.15, -0.1) is 16.5 Å². The van der Waals surface area contributed by atoms with Crippen molar-refractivity contribution in [2.24, 2.45) is 5.29 Å². The third-order valence-corrected chi connectivity index (χ3v) is 3.91. The Hall–Kier alpha value is -3.00. The molecule has 0 bridgehead atoms. The second kappa shape index (κ2) is 12.1. The van der Waals surface area contributed by atoms with Crippen molar-refractivity contribution in [1.82, 2.24) is 5.01 Å². The number of amides is 1. The van der Waals surface area contributed by atoms with Crippen LogP contribution in [0.1, 0.15) is 34.1 Å². The second-order valence-corrected chi connectivity index (χ2v) is 6.82. The fourth-order valence-corrected chi connectivity index (χ4v) is 2.94. The van der Waals surface area contributed by atoms with E-state index in [2.05, 4.69) is 5.29 Å². The van der Waals surface area contributed by atoms with E-state index in [0.29, 0.717) is 5.01 Å². The zero-order valence-electron chi connectivity index (χ0n) is 17.7. The molecule has 0 spiro atoms. The van der Waals surface area contributed by atoms with Gasteiger partial charge in [0, 0.05) is 33.6 Å². The van der Waals surface area contributed by atoms with Crippen LogP contribution in [0.5, 0.6) is 0 Å². The van der Waals surface area contributed by atoms with Gasteiger partial charge in [-0.3, -0.25) is 19.2 Å². The zero-order chi connectivity index (χ0) is 24.5. The van der Waals surface area contributed by atoms with E-state index in [0.717, 1.165) is 27.7 Å². The number of hydrogen-bond acceptors (Lipinski definition) is 13. The Morgan fingerprint density at radius 2 is 1.59 bits per heavy atom. The molecular formula is C17H23ClN2O12. The lowest BCUT2D eigenvalue weighted by molar-refractivity contribution is -0.348. The van der Waals surface area contributed by atoms with Gasteiger partial charge in [0.15, 0.2) is 0 Å². The van der Waals surface area contributed by atoms with Crippen molar-refractivity contribution in [3.63, 3.8) is 0 Å². The molecule has 0 N–H and O–H groups in total. The summed E-state index contributed by atoms with van der Waals surface area (Å²) < 4.78 is 31.0. The van der Waals surface area contributed by atoms with Gasteiger partial charge >= 0.3 is 35.8 Å². The van der Waals surface area contributed by atoms with Crippen LogP contribution in [0.3, 0.4) is 0 Å². The smallest absolute Gasteiger partial charge is 0.435 e. The van der Waals surface area contributed by atoms with Crippen LogP contribution in [-0.2, 0) is 47.6 Å². The number of hydrogen-bond donors (Lipinski definition) is 0. The summed E-state index contributed by atoms with van der Waals surface area (Å²) in [5.74, 6) is -6.00. The molecule has 1 heterocycles. The van der Waals surface area contributed by atoms with E-state index < -0.39 is 67.3 Å². The topological polar surface area (TPSA) is 173 Å². The molecule has 1 rings (SSSR count). The molecule has 1 aliphatic heterocycles. The first kappa shape index (κ1) is 27.0. The van der Waals surface area contributed by atoms with E-state index in [1.165, 1.54) is 0 Å². The van der Waals surface area contributed by atoms with Gasteiger partial charge in [0.2, 0.25) is 6.10 Å². The van der Waals surface area contributed by atoms with Crippen LogP contribution >= 0.6 is 11.6 Å². The number of carbonyl (C=O) groups excluding carboxylic acids is 5. The summed E-state index contributed by atoms with van der Waals surface area (Å²) in [7, 11) is 0. The molecule has 15 heteroatoms. The molecular weight excluding hydrogens is 460 g/mol. The minimum absolute atomic E-state index is 0.167. The first-order valence-corrected chi connectivity index (χ1v) is 9.70. The fraction of sp³-hybridized carbons (Fsp3) is 0.706. The predicted octanol–water partition coefficient (Wildman–Crippen LogP) is 0.777. The summed E-state index contributed by atoms with van der Waals surface area (Å²) in [6.45, 7) is 3.33. The van der Waals surface area contributed by atoms with Gasteiger partial charge in [0.05, 0.1) is 18.3 Å². The minimum atomic E-state index is -2.32. The van der Waals surface area contributed by atoms with Gasteiger partial charge in [-0.05, 0) is 0 Å². The Morgan fingerprint density at radius 3 is 2.03 bits per heavy atom. The molecule has 1 aliphatic rings. The Balaban J connectivity index is 3.43. The molecule has 0 aromatic rings. The average Bonchev–Trinajstić information content (AvgIpc) is 2.65. The van der Waals surface area contributed by atoms with Crippen molar-refractivity contribution in [1.29, 1.82) is 0 Å². The van der Waals surface area contributed by atoms with Crippen molar-refractivity contribution >= 4 is 41.6 Å². The summed E-state index contributed by atoms with van der Waals surface area (Å²) >= 11 is 5.50. The van der Waals surface area contributed by atoms with Gasteiger partial charge in [-0.1, -0.05) is 0 Å². The number of ether oxygens (including phenoxy) is 6. The van der Waals surface area contributed by atoms with Crippen LogP contribution in [0.25, 0.3) is 0 Å². The number of esters is 4. The predicted molar refractivity (Wildman–Crippen MR) is 101 cm³/mol. The number of nitroso groups, excluding NO2 is 1. The van der Waals surface area contributed by atoms with Crippen molar-refractivity contribution < 1.29 is 52.4 Å². The minimum Gasteiger partial charge on any atom is -0.463 e. The summed E-state index contributed by atoms with van der Waals surface area (Å²) in [5, 5.41) is 2.78. The SMILES string of the molecule is CC(=O)OCC1CC(OC(C)=O)(OC(C)=O)C(OC(C)=O)C(OC(=O)N(CCCl)N=O)O1. The number of halogens is 1.